The van der Waals surface area contributed by atoms with E-state index in [1.807, 2.05) is 0 Å². The average Bonchev–Trinajstić information content (AvgIpc) is 2.38. The van der Waals surface area contributed by atoms with Crippen LogP contribution in [0.2, 0.25) is 0 Å². The van der Waals surface area contributed by atoms with Crippen LogP contribution < -0.4 is 10.1 Å². The second-order valence-corrected chi connectivity index (χ2v) is 3.46. The maximum Gasteiger partial charge on any atom is 0.332 e. The Hall–Kier alpha value is -2.15. The SMILES string of the molecule is COc1ncccc1C(=O)NCC[C@H](O)C(=O)O. The molecule has 0 saturated heterocycles. The number of aliphatic hydroxyl groups is 1. The van der Waals surface area contributed by atoms with Crippen molar-refractivity contribution in [1.29, 1.82) is 0 Å². The maximum absolute atomic E-state index is 11.7. The Labute approximate surface area is 103 Å². The van der Waals surface area contributed by atoms with E-state index in [0.717, 1.165) is 0 Å². The van der Waals surface area contributed by atoms with Crippen molar-refractivity contribution < 1.29 is 24.5 Å². The lowest BCUT2D eigenvalue weighted by Gasteiger charge is -2.09. The molecule has 0 saturated carbocycles. The number of nitrogens with one attached hydrogen (secondary N) is 1. The number of hydrogen-bond acceptors (Lipinski definition) is 5. The zero-order valence-corrected chi connectivity index (χ0v) is 9.79. The molecule has 3 N–H and O–H groups in total. The van der Waals surface area contributed by atoms with E-state index in [0.29, 0.717) is 0 Å². The van der Waals surface area contributed by atoms with Crippen molar-refractivity contribution in [2.45, 2.75) is 12.5 Å². The van der Waals surface area contributed by atoms with Gasteiger partial charge in [-0.05, 0) is 12.1 Å². The van der Waals surface area contributed by atoms with E-state index in [1.54, 1.807) is 6.07 Å². The number of carbonyl (C=O) groups excluding carboxylic acids is 1. The molecule has 1 amide bonds. The van der Waals surface area contributed by atoms with Crippen LogP contribution in [-0.2, 0) is 4.79 Å². The summed E-state index contributed by atoms with van der Waals surface area (Å²) in [6, 6.07) is 3.12. The lowest BCUT2D eigenvalue weighted by molar-refractivity contribution is -0.146. The molecule has 1 atom stereocenters. The normalized spacial score (nSPS) is 11.7. The van der Waals surface area contributed by atoms with Crippen LogP contribution in [0.5, 0.6) is 5.88 Å². The smallest absolute Gasteiger partial charge is 0.332 e. The minimum absolute atomic E-state index is 0.0460. The van der Waals surface area contributed by atoms with Crippen molar-refractivity contribution in [1.82, 2.24) is 10.3 Å². The predicted octanol–water partition coefficient (Wildman–Crippen LogP) is -0.344. The minimum atomic E-state index is -1.49. The van der Waals surface area contributed by atoms with Crippen LogP contribution in [0, 0.1) is 0 Å². The number of carboxylic acids is 1. The average molecular weight is 254 g/mol. The van der Waals surface area contributed by atoms with Crippen molar-refractivity contribution in [3.8, 4) is 5.88 Å². The second-order valence-electron chi connectivity index (χ2n) is 3.46. The van der Waals surface area contributed by atoms with Crippen LogP contribution in [0.3, 0.4) is 0 Å². The molecule has 0 aromatic carbocycles. The molecule has 0 bridgehead atoms. The number of amides is 1. The van der Waals surface area contributed by atoms with Crippen LogP contribution in [0.1, 0.15) is 16.8 Å². The third kappa shape index (κ3) is 3.70. The summed E-state index contributed by atoms with van der Waals surface area (Å²) in [5.41, 5.74) is 0.254. The predicted molar refractivity (Wildman–Crippen MR) is 61.4 cm³/mol. The van der Waals surface area contributed by atoms with E-state index in [4.69, 9.17) is 14.9 Å². The molecule has 0 fully saturated rings. The summed E-state index contributed by atoms with van der Waals surface area (Å²) in [5, 5.41) is 20.0. The van der Waals surface area contributed by atoms with Gasteiger partial charge in [-0.15, -0.1) is 0 Å². The molecule has 7 heteroatoms. The monoisotopic (exact) mass is 254 g/mol. The number of nitrogens with zero attached hydrogens (tertiary/aromatic N) is 1. The Bertz CT molecular complexity index is 435. The highest BCUT2D eigenvalue weighted by molar-refractivity contribution is 5.96. The molecule has 0 aliphatic heterocycles. The summed E-state index contributed by atoms with van der Waals surface area (Å²) in [6.07, 6.45) is -0.0610. The van der Waals surface area contributed by atoms with Crippen molar-refractivity contribution in [2.75, 3.05) is 13.7 Å². The van der Waals surface area contributed by atoms with Crippen LogP contribution in [0.15, 0.2) is 18.3 Å². The minimum Gasteiger partial charge on any atom is -0.480 e. The fourth-order valence-electron chi connectivity index (χ4n) is 1.27. The molecule has 0 unspecified atom stereocenters. The van der Waals surface area contributed by atoms with Gasteiger partial charge in [-0.1, -0.05) is 0 Å². The van der Waals surface area contributed by atoms with Gasteiger partial charge in [0.1, 0.15) is 5.56 Å². The summed E-state index contributed by atoms with van der Waals surface area (Å²) in [5.74, 6) is -1.56. The van der Waals surface area contributed by atoms with Crippen LogP contribution >= 0.6 is 0 Å². The summed E-state index contributed by atoms with van der Waals surface area (Å²) < 4.78 is 4.92. The van der Waals surface area contributed by atoms with Crippen molar-refractivity contribution >= 4 is 11.9 Å². The largest absolute Gasteiger partial charge is 0.480 e. The molecule has 1 heterocycles. The highest BCUT2D eigenvalue weighted by Crippen LogP contribution is 2.12. The van der Waals surface area contributed by atoms with Crippen molar-refractivity contribution in [3.63, 3.8) is 0 Å². The third-order valence-electron chi connectivity index (χ3n) is 2.20. The number of aliphatic carboxylic acids is 1. The second kappa shape index (κ2) is 6.55. The highest BCUT2D eigenvalue weighted by Gasteiger charge is 2.15. The number of rotatable bonds is 6. The lowest BCUT2D eigenvalue weighted by atomic mass is 10.2. The molecule has 1 aromatic heterocycles. The summed E-state index contributed by atoms with van der Waals surface area (Å²) >= 11 is 0. The molecule has 0 aliphatic rings. The van der Waals surface area contributed by atoms with Gasteiger partial charge in [0.15, 0.2) is 6.10 Å². The molecule has 18 heavy (non-hydrogen) atoms. The molecular formula is C11H14N2O5. The number of methoxy groups -OCH3 is 1. The summed E-state index contributed by atoms with van der Waals surface area (Å²) in [6.45, 7) is 0.0460. The topological polar surface area (TPSA) is 109 Å². The maximum atomic E-state index is 11.7. The number of carbonyl (C=O) groups is 2. The molecule has 0 radical (unpaired) electrons. The molecule has 0 aliphatic carbocycles. The molecule has 7 nitrogen and oxygen atoms in total. The van der Waals surface area contributed by atoms with Gasteiger partial charge in [-0.3, -0.25) is 4.79 Å². The van der Waals surface area contributed by atoms with Gasteiger partial charge in [0.2, 0.25) is 5.88 Å². The Morgan fingerprint density at radius 1 is 1.56 bits per heavy atom. The zero-order valence-electron chi connectivity index (χ0n) is 9.79. The highest BCUT2D eigenvalue weighted by atomic mass is 16.5. The fourth-order valence-corrected chi connectivity index (χ4v) is 1.27. The van der Waals surface area contributed by atoms with E-state index in [-0.39, 0.29) is 24.4 Å². The van der Waals surface area contributed by atoms with Gasteiger partial charge in [-0.25, -0.2) is 9.78 Å². The van der Waals surface area contributed by atoms with Crippen molar-refractivity contribution in [2.24, 2.45) is 0 Å². The van der Waals surface area contributed by atoms with Crippen LogP contribution in [0.4, 0.5) is 0 Å². The van der Waals surface area contributed by atoms with Gasteiger partial charge in [0, 0.05) is 19.2 Å². The van der Waals surface area contributed by atoms with Gasteiger partial charge >= 0.3 is 5.97 Å². The number of hydrogen-bond donors (Lipinski definition) is 3. The van der Waals surface area contributed by atoms with Gasteiger partial charge < -0.3 is 20.3 Å². The Morgan fingerprint density at radius 3 is 2.89 bits per heavy atom. The number of pyridine rings is 1. The molecule has 1 aromatic rings. The number of aromatic nitrogens is 1. The number of ether oxygens (including phenoxy) is 1. The van der Waals surface area contributed by atoms with Gasteiger partial charge in [0.05, 0.1) is 7.11 Å². The molecule has 0 spiro atoms. The number of aliphatic hydroxyl groups excluding tert-OH is 1. The molecular weight excluding hydrogens is 240 g/mol. The first kappa shape index (κ1) is 13.9. The molecule has 1 rings (SSSR count). The summed E-state index contributed by atoms with van der Waals surface area (Å²) in [7, 11) is 1.40. The first-order valence-electron chi connectivity index (χ1n) is 5.24. The van der Waals surface area contributed by atoms with E-state index in [1.165, 1.54) is 19.4 Å². The fraction of sp³-hybridized carbons (Fsp3) is 0.364. The quantitative estimate of drug-likeness (QED) is 0.640. The lowest BCUT2D eigenvalue weighted by Crippen LogP contribution is -2.30. The third-order valence-corrected chi connectivity index (χ3v) is 2.20. The zero-order chi connectivity index (χ0) is 13.5. The first-order chi connectivity index (χ1) is 8.56. The Kier molecular flexibility index (Phi) is 5.06. The standard InChI is InChI=1S/C11H14N2O5/c1-18-10-7(3-2-5-13-10)9(15)12-6-4-8(14)11(16)17/h2-3,5,8,14H,4,6H2,1H3,(H,12,15)(H,16,17)/t8-/m0/s1. The van der Waals surface area contributed by atoms with Crippen LogP contribution in [-0.4, -0.2) is 46.8 Å². The van der Waals surface area contributed by atoms with E-state index < -0.39 is 18.0 Å². The van der Waals surface area contributed by atoms with E-state index >= 15 is 0 Å². The first-order valence-corrected chi connectivity index (χ1v) is 5.24. The number of carboxylic acid groups (broad SMARTS) is 1. The summed E-state index contributed by atoms with van der Waals surface area (Å²) in [4.78, 5) is 25.9. The van der Waals surface area contributed by atoms with E-state index in [9.17, 15) is 9.59 Å². The Morgan fingerprint density at radius 2 is 2.28 bits per heavy atom. The Balaban J connectivity index is 2.53. The molecule has 98 valence electrons. The van der Waals surface area contributed by atoms with E-state index in [2.05, 4.69) is 10.3 Å². The van der Waals surface area contributed by atoms with Crippen LogP contribution in [0.25, 0.3) is 0 Å². The van der Waals surface area contributed by atoms with Gasteiger partial charge in [0.25, 0.3) is 5.91 Å². The van der Waals surface area contributed by atoms with Crippen molar-refractivity contribution in [3.05, 3.63) is 23.9 Å². The van der Waals surface area contributed by atoms with Gasteiger partial charge in [-0.2, -0.15) is 0 Å².